The molecule has 0 saturated carbocycles. The number of carbonyl (C=O) groups is 1. The van der Waals surface area contributed by atoms with Crippen molar-refractivity contribution in [1.82, 2.24) is 4.98 Å². The summed E-state index contributed by atoms with van der Waals surface area (Å²) in [7, 11) is 3.59. The number of nitrogens with two attached hydrogens (primary N) is 1. The van der Waals surface area contributed by atoms with Crippen LogP contribution in [0.4, 0.5) is 11.4 Å². The van der Waals surface area contributed by atoms with Crippen molar-refractivity contribution in [3.8, 4) is 11.3 Å². The lowest BCUT2D eigenvalue weighted by Crippen LogP contribution is -2.15. The molecule has 2 rings (SSSR count). The molecule has 0 saturated heterocycles. The van der Waals surface area contributed by atoms with Crippen LogP contribution in [0.2, 0.25) is 5.02 Å². The van der Waals surface area contributed by atoms with Crippen molar-refractivity contribution in [2.24, 2.45) is 0 Å². The van der Waals surface area contributed by atoms with Gasteiger partial charge in [-0.05, 0) is 18.2 Å². The summed E-state index contributed by atoms with van der Waals surface area (Å²) in [6, 6.07) is 8.78. The molecule has 0 amide bonds. The molecular weight excluding hydrogens is 278 g/mol. The van der Waals surface area contributed by atoms with Crippen LogP contribution in [0.1, 0.15) is 10.5 Å². The average molecular weight is 292 g/mol. The van der Waals surface area contributed by atoms with Gasteiger partial charge in [-0.1, -0.05) is 23.7 Å². The predicted octanol–water partition coefficient (Wildman–Crippen LogP) is 2.75. The number of benzene rings is 1. The van der Waals surface area contributed by atoms with Gasteiger partial charge in [-0.25, -0.2) is 9.78 Å². The zero-order chi connectivity index (χ0) is 14.9. The van der Waals surface area contributed by atoms with Gasteiger partial charge in [0.25, 0.3) is 0 Å². The van der Waals surface area contributed by atoms with Crippen molar-refractivity contribution in [2.45, 2.75) is 0 Å². The third-order valence-electron chi connectivity index (χ3n) is 2.86. The van der Waals surface area contributed by atoms with E-state index < -0.39 is 5.97 Å². The molecular formula is C14H14ClN3O2. The van der Waals surface area contributed by atoms with Crippen LogP contribution < -0.4 is 10.6 Å². The second-order valence-corrected chi connectivity index (χ2v) is 4.93. The van der Waals surface area contributed by atoms with E-state index >= 15 is 0 Å². The Morgan fingerprint density at radius 1 is 1.30 bits per heavy atom. The highest BCUT2D eigenvalue weighted by molar-refractivity contribution is 6.30. The van der Waals surface area contributed by atoms with Crippen LogP contribution in [0.25, 0.3) is 11.3 Å². The van der Waals surface area contributed by atoms with Crippen molar-refractivity contribution in [3.63, 3.8) is 0 Å². The minimum absolute atomic E-state index is 0.152. The van der Waals surface area contributed by atoms with E-state index in [0.717, 1.165) is 5.56 Å². The fourth-order valence-electron chi connectivity index (χ4n) is 1.84. The molecule has 0 radical (unpaired) electrons. The molecule has 0 fully saturated rings. The van der Waals surface area contributed by atoms with E-state index in [1.165, 1.54) is 0 Å². The Labute approximate surface area is 121 Å². The number of nitrogens with zero attached hydrogens (tertiary/aromatic N) is 2. The molecule has 5 nitrogen and oxygen atoms in total. The summed E-state index contributed by atoms with van der Waals surface area (Å²) in [6.45, 7) is 0. The van der Waals surface area contributed by atoms with Gasteiger partial charge < -0.3 is 15.7 Å². The first-order valence-corrected chi connectivity index (χ1v) is 6.25. The van der Waals surface area contributed by atoms with Gasteiger partial charge in [0.15, 0.2) is 5.69 Å². The molecule has 0 aliphatic carbocycles. The molecule has 6 heteroatoms. The molecule has 0 spiro atoms. The Morgan fingerprint density at radius 2 is 1.90 bits per heavy atom. The SMILES string of the molecule is CN(C)c1cc(-c2ccc(Cl)cc2)nc(C(=O)O)c1N. The van der Waals surface area contributed by atoms with Crippen LogP contribution in [0.5, 0.6) is 0 Å². The van der Waals surface area contributed by atoms with Crippen LogP contribution in [-0.4, -0.2) is 30.2 Å². The number of aromatic nitrogens is 1. The van der Waals surface area contributed by atoms with Crippen molar-refractivity contribution >= 4 is 28.9 Å². The van der Waals surface area contributed by atoms with Gasteiger partial charge in [-0.2, -0.15) is 0 Å². The Bertz CT molecular complexity index is 654. The third-order valence-corrected chi connectivity index (χ3v) is 3.11. The van der Waals surface area contributed by atoms with Crippen LogP contribution >= 0.6 is 11.6 Å². The first-order chi connectivity index (χ1) is 9.40. The predicted molar refractivity (Wildman–Crippen MR) is 80.4 cm³/mol. The van der Waals surface area contributed by atoms with Crippen molar-refractivity contribution in [1.29, 1.82) is 0 Å². The van der Waals surface area contributed by atoms with E-state index in [-0.39, 0.29) is 11.4 Å². The highest BCUT2D eigenvalue weighted by Gasteiger charge is 2.17. The fraction of sp³-hybridized carbons (Fsp3) is 0.143. The van der Waals surface area contributed by atoms with E-state index in [2.05, 4.69) is 4.98 Å². The summed E-state index contributed by atoms with van der Waals surface area (Å²) in [6.07, 6.45) is 0. The molecule has 0 unspecified atom stereocenters. The van der Waals surface area contributed by atoms with Gasteiger partial charge in [-0.15, -0.1) is 0 Å². The number of halogens is 1. The smallest absolute Gasteiger partial charge is 0.356 e. The van der Waals surface area contributed by atoms with Crippen molar-refractivity contribution in [3.05, 3.63) is 41.0 Å². The first-order valence-electron chi connectivity index (χ1n) is 5.87. The lowest BCUT2D eigenvalue weighted by Gasteiger charge is -2.17. The van der Waals surface area contributed by atoms with E-state index in [9.17, 15) is 9.90 Å². The largest absolute Gasteiger partial charge is 0.476 e. The normalized spacial score (nSPS) is 10.3. The summed E-state index contributed by atoms with van der Waals surface area (Å²) < 4.78 is 0. The molecule has 104 valence electrons. The van der Waals surface area contributed by atoms with Gasteiger partial charge in [-0.3, -0.25) is 0 Å². The fourth-order valence-corrected chi connectivity index (χ4v) is 1.97. The number of aromatic carboxylic acids is 1. The number of carboxylic acids is 1. The van der Waals surface area contributed by atoms with Gasteiger partial charge in [0.1, 0.15) is 0 Å². The van der Waals surface area contributed by atoms with Crippen molar-refractivity contribution in [2.75, 3.05) is 24.7 Å². The summed E-state index contributed by atoms with van der Waals surface area (Å²) in [5, 5.41) is 9.81. The molecule has 2 aromatic rings. The Hall–Kier alpha value is -2.27. The van der Waals surface area contributed by atoms with Gasteiger partial charge in [0.2, 0.25) is 0 Å². The summed E-state index contributed by atoms with van der Waals surface area (Å²) >= 11 is 5.85. The van der Waals surface area contributed by atoms with Crippen LogP contribution in [0, 0.1) is 0 Å². The lowest BCUT2D eigenvalue weighted by atomic mass is 10.1. The second-order valence-electron chi connectivity index (χ2n) is 4.50. The first kappa shape index (κ1) is 14.1. The molecule has 0 aliphatic heterocycles. The van der Waals surface area contributed by atoms with E-state index in [1.807, 2.05) is 0 Å². The number of rotatable bonds is 3. The molecule has 20 heavy (non-hydrogen) atoms. The molecule has 3 N–H and O–H groups in total. The molecule has 0 bridgehead atoms. The van der Waals surface area contributed by atoms with Gasteiger partial charge in [0, 0.05) is 24.7 Å². The van der Waals surface area contributed by atoms with Crippen molar-refractivity contribution < 1.29 is 9.90 Å². The maximum absolute atomic E-state index is 11.3. The minimum atomic E-state index is -1.15. The van der Waals surface area contributed by atoms with Crippen LogP contribution in [-0.2, 0) is 0 Å². The maximum atomic E-state index is 11.3. The summed E-state index contributed by atoms with van der Waals surface area (Å²) in [4.78, 5) is 17.1. The highest BCUT2D eigenvalue weighted by atomic mass is 35.5. The maximum Gasteiger partial charge on any atom is 0.356 e. The quantitative estimate of drug-likeness (QED) is 0.909. The van der Waals surface area contributed by atoms with E-state index in [0.29, 0.717) is 16.4 Å². The molecule has 1 aromatic carbocycles. The van der Waals surface area contributed by atoms with Crippen LogP contribution in [0.15, 0.2) is 30.3 Å². The Balaban J connectivity index is 2.65. The topological polar surface area (TPSA) is 79.5 Å². The number of carboxylic acid groups (broad SMARTS) is 1. The molecule has 0 atom stereocenters. The van der Waals surface area contributed by atoms with Crippen LogP contribution in [0.3, 0.4) is 0 Å². The van der Waals surface area contributed by atoms with Gasteiger partial charge in [0.05, 0.1) is 17.1 Å². The molecule has 1 heterocycles. The highest BCUT2D eigenvalue weighted by Crippen LogP contribution is 2.30. The van der Waals surface area contributed by atoms with E-state index in [4.69, 9.17) is 17.3 Å². The number of anilines is 2. The number of hydrogen-bond donors (Lipinski definition) is 2. The zero-order valence-electron chi connectivity index (χ0n) is 11.1. The number of hydrogen-bond acceptors (Lipinski definition) is 4. The lowest BCUT2D eigenvalue weighted by molar-refractivity contribution is 0.0692. The number of nitrogen functional groups attached to an aromatic ring is 1. The Morgan fingerprint density at radius 3 is 2.40 bits per heavy atom. The monoisotopic (exact) mass is 291 g/mol. The molecule has 1 aromatic heterocycles. The standard InChI is InChI=1S/C14H14ClN3O2/c1-18(2)11-7-10(8-3-5-9(15)6-4-8)17-13(12(11)16)14(19)20/h3-7H,16H2,1-2H3,(H,19,20). The Kier molecular flexibility index (Phi) is 3.81. The second kappa shape index (κ2) is 5.38. The zero-order valence-corrected chi connectivity index (χ0v) is 11.8. The van der Waals surface area contributed by atoms with Gasteiger partial charge >= 0.3 is 5.97 Å². The number of pyridine rings is 1. The summed E-state index contributed by atoms with van der Waals surface area (Å²) in [5.74, 6) is -1.15. The summed E-state index contributed by atoms with van der Waals surface area (Å²) in [5.41, 5.74) is 7.78. The molecule has 0 aliphatic rings. The average Bonchev–Trinajstić information content (AvgIpc) is 2.39. The third kappa shape index (κ3) is 2.67. The van der Waals surface area contributed by atoms with E-state index in [1.54, 1.807) is 49.3 Å². The minimum Gasteiger partial charge on any atom is -0.476 e.